The molecule has 0 bridgehead atoms. The van der Waals surface area contributed by atoms with E-state index in [-0.39, 0.29) is 0 Å². The van der Waals surface area contributed by atoms with Gasteiger partial charge in [-0.05, 0) is 148 Å². The van der Waals surface area contributed by atoms with Gasteiger partial charge in [0.2, 0.25) is 0 Å². The van der Waals surface area contributed by atoms with E-state index in [1.165, 1.54) is 104 Å². The first-order valence-electron chi connectivity index (χ1n) is 26.1. The third-order valence-corrected chi connectivity index (χ3v) is 16.5. The van der Waals surface area contributed by atoms with Crippen molar-refractivity contribution >= 4 is 71.2 Å². The van der Waals surface area contributed by atoms with E-state index in [1.54, 1.807) is 0 Å². The fourth-order valence-corrected chi connectivity index (χ4v) is 13.5. The maximum atomic E-state index is 2.61. The second-order valence-corrected chi connectivity index (χ2v) is 20.3. The van der Waals surface area contributed by atoms with E-state index in [4.69, 9.17) is 0 Å². The molecule has 2 aliphatic carbocycles. The normalized spacial score (nSPS) is 12.9. The number of aromatic nitrogens is 1. The number of hydrogen-bond acceptors (Lipinski definition) is 1. The summed E-state index contributed by atoms with van der Waals surface area (Å²) in [7, 11) is 0. The number of rotatable bonds is 6. The molecule has 0 saturated carbocycles. The van der Waals surface area contributed by atoms with E-state index in [0.717, 1.165) is 39.4 Å². The van der Waals surface area contributed by atoms with Crippen LogP contribution in [0.15, 0.2) is 279 Å². The van der Waals surface area contributed by atoms with Crippen LogP contribution < -0.4 is 4.90 Å². The Labute approximate surface area is 435 Å². The first-order valence-corrected chi connectivity index (χ1v) is 26.1. The molecule has 0 N–H and O–H groups in total. The Hall–Kier alpha value is -9.76. The number of fused-ring (bicyclic) bond motifs is 19. The first kappa shape index (κ1) is 41.8. The van der Waals surface area contributed by atoms with Gasteiger partial charge in [-0.25, -0.2) is 0 Å². The minimum atomic E-state index is -0.562. The molecule has 1 aromatic heterocycles. The highest BCUT2D eigenvalue weighted by Crippen LogP contribution is 2.64. The zero-order valence-electron chi connectivity index (χ0n) is 41.0. The third-order valence-electron chi connectivity index (χ3n) is 16.5. The van der Waals surface area contributed by atoms with Crippen LogP contribution in [0.25, 0.3) is 104 Å². The highest BCUT2D eigenvalue weighted by Gasteiger charge is 2.52. The van der Waals surface area contributed by atoms with Crippen LogP contribution in [0.2, 0.25) is 0 Å². The number of para-hydroxylation sites is 3. The number of benzene rings is 13. The van der Waals surface area contributed by atoms with Crippen LogP contribution in [-0.4, -0.2) is 4.57 Å². The summed E-state index contributed by atoms with van der Waals surface area (Å²) >= 11 is 0. The van der Waals surface area contributed by atoms with Crippen LogP contribution >= 0.6 is 0 Å². The molecule has 2 heteroatoms. The van der Waals surface area contributed by atoms with Gasteiger partial charge in [-0.1, -0.05) is 224 Å². The Morgan fingerprint density at radius 2 is 0.760 bits per heavy atom. The molecule has 348 valence electrons. The van der Waals surface area contributed by atoms with Gasteiger partial charge in [0.1, 0.15) is 0 Å². The van der Waals surface area contributed by atoms with Crippen LogP contribution in [0.1, 0.15) is 22.3 Å². The van der Waals surface area contributed by atoms with E-state index in [1.807, 2.05) is 0 Å². The smallest absolute Gasteiger partial charge is 0.0782 e. The van der Waals surface area contributed by atoms with Gasteiger partial charge >= 0.3 is 0 Å². The maximum Gasteiger partial charge on any atom is 0.0782 e. The zero-order chi connectivity index (χ0) is 49.2. The van der Waals surface area contributed by atoms with Crippen molar-refractivity contribution in [1.29, 1.82) is 0 Å². The Bertz CT molecular complexity index is 4580. The molecule has 0 radical (unpaired) electrons. The van der Waals surface area contributed by atoms with E-state index in [2.05, 4.69) is 289 Å². The second kappa shape index (κ2) is 16.1. The predicted molar refractivity (Wildman–Crippen MR) is 315 cm³/mol. The molecule has 1 heterocycles. The Kier molecular flexibility index (Phi) is 8.99. The Morgan fingerprint density at radius 3 is 1.43 bits per heavy atom. The minimum Gasteiger partial charge on any atom is -0.308 e. The molecule has 0 saturated heterocycles. The molecule has 13 aromatic carbocycles. The summed E-state index contributed by atoms with van der Waals surface area (Å²) in [4.78, 5) is 2.61. The van der Waals surface area contributed by atoms with Crippen molar-refractivity contribution in [3.8, 4) is 50.2 Å². The molecule has 2 nitrogen and oxygen atoms in total. The fraction of sp³-hybridized carbons (Fsp3) is 0.0137. The lowest BCUT2D eigenvalue weighted by Gasteiger charge is -2.34. The van der Waals surface area contributed by atoms with Gasteiger partial charge in [-0.15, -0.1) is 0 Å². The van der Waals surface area contributed by atoms with Crippen LogP contribution in [-0.2, 0) is 5.41 Å². The van der Waals surface area contributed by atoms with Gasteiger partial charge in [-0.2, -0.15) is 0 Å². The lowest BCUT2D eigenvalue weighted by atomic mass is 9.70. The minimum absolute atomic E-state index is 0.562. The lowest BCUT2D eigenvalue weighted by molar-refractivity contribution is 0.794. The van der Waals surface area contributed by atoms with Crippen molar-refractivity contribution < 1.29 is 0 Å². The van der Waals surface area contributed by atoms with E-state index in [9.17, 15) is 0 Å². The summed E-state index contributed by atoms with van der Waals surface area (Å²) in [6, 6.07) is 104. The standard InChI is InChI=1S/C73H46N2/c1-3-21-47(22-4-1)48-23-19-24-49(43-48)62-45-64-59-33-13-17-38-67(59)73(65-36-15-11-31-57(65)58-32-12-16-37-66(58)73)68(64)46-71(62)74(51-41-42-56-54-29-8-7-27-52(54)53-28-9-10-30-55(53)63(56)44-51)70-40-20-35-61-60-34-14-18-39-69(60)75(72(61)70)50-25-5-2-6-26-50/h1-46H. The highest BCUT2D eigenvalue weighted by molar-refractivity contribution is 6.26. The summed E-state index contributed by atoms with van der Waals surface area (Å²) in [5.41, 5.74) is 21.2. The molecule has 0 atom stereocenters. The average molecular weight is 951 g/mol. The molecule has 0 amide bonds. The van der Waals surface area contributed by atoms with Crippen molar-refractivity contribution in [3.63, 3.8) is 0 Å². The predicted octanol–water partition coefficient (Wildman–Crippen LogP) is 19.4. The van der Waals surface area contributed by atoms with Crippen molar-refractivity contribution in [2.45, 2.75) is 5.41 Å². The molecule has 0 aliphatic heterocycles. The largest absolute Gasteiger partial charge is 0.308 e. The number of nitrogens with zero attached hydrogens (tertiary/aromatic N) is 2. The lowest BCUT2D eigenvalue weighted by Crippen LogP contribution is -2.26. The van der Waals surface area contributed by atoms with E-state index in [0.29, 0.717) is 0 Å². The zero-order valence-corrected chi connectivity index (χ0v) is 41.0. The van der Waals surface area contributed by atoms with Gasteiger partial charge in [0.25, 0.3) is 0 Å². The molecule has 2 aliphatic rings. The number of anilines is 3. The first-order chi connectivity index (χ1) is 37.2. The summed E-state index contributed by atoms with van der Waals surface area (Å²) in [6.45, 7) is 0. The van der Waals surface area contributed by atoms with Crippen molar-refractivity contribution in [2.24, 2.45) is 0 Å². The van der Waals surface area contributed by atoms with Crippen LogP contribution in [0.4, 0.5) is 17.1 Å². The molecule has 14 aromatic rings. The summed E-state index contributed by atoms with van der Waals surface area (Å²) in [6.07, 6.45) is 0. The fourth-order valence-electron chi connectivity index (χ4n) is 13.5. The Balaban J connectivity index is 1.09. The van der Waals surface area contributed by atoms with Gasteiger partial charge in [0, 0.05) is 27.7 Å². The third kappa shape index (κ3) is 5.91. The summed E-state index contributed by atoms with van der Waals surface area (Å²) in [5, 5.41) is 9.89. The highest BCUT2D eigenvalue weighted by atomic mass is 15.2. The van der Waals surface area contributed by atoms with E-state index >= 15 is 0 Å². The molecule has 0 fully saturated rings. The van der Waals surface area contributed by atoms with Crippen molar-refractivity contribution in [3.05, 3.63) is 301 Å². The van der Waals surface area contributed by atoms with Gasteiger partial charge in [0.15, 0.2) is 0 Å². The maximum absolute atomic E-state index is 2.61. The molecule has 75 heavy (non-hydrogen) atoms. The molecule has 16 rings (SSSR count). The van der Waals surface area contributed by atoms with Crippen LogP contribution in [0.3, 0.4) is 0 Å². The van der Waals surface area contributed by atoms with Crippen LogP contribution in [0.5, 0.6) is 0 Å². The Morgan fingerprint density at radius 1 is 0.267 bits per heavy atom. The molecule has 1 spiro atoms. The number of hydrogen-bond donors (Lipinski definition) is 0. The quantitative estimate of drug-likeness (QED) is 0.151. The average Bonchev–Trinajstić information content (AvgIpc) is 4.12. The van der Waals surface area contributed by atoms with Gasteiger partial charge in [-0.3, -0.25) is 0 Å². The SMILES string of the molecule is c1ccc(-c2cccc(-c3cc4c(cc3N(c3ccc5c6ccccc6c6ccccc6c5c3)c3cccc5c6ccccc6n(-c6ccccc6)c35)C3(c5ccccc5-c5ccccc53)c3ccccc3-4)c2)cc1. The molecular formula is C73H46N2. The van der Waals surface area contributed by atoms with Crippen molar-refractivity contribution in [1.82, 2.24) is 4.57 Å². The second-order valence-electron chi connectivity index (χ2n) is 20.3. The summed E-state index contributed by atoms with van der Waals surface area (Å²) in [5.74, 6) is 0. The molecule has 0 unspecified atom stereocenters. The van der Waals surface area contributed by atoms with Gasteiger partial charge < -0.3 is 9.47 Å². The monoisotopic (exact) mass is 950 g/mol. The topological polar surface area (TPSA) is 8.17 Å². The van der Waals surface area contributed by atoms with Gasteiger partial charge in [0.05, 0.1) is 27.8 Å². The summed E-state index contributed by atoms with van der Waals surface area (Å²) < 4.78 is 2.49. The van der Waals surface area contributed by atoms with Crippen molar-refractivity contribution in [2.75, 3.05) is 4.90 Å². The molecular weight excluding hydrogens is 905 g/mol. The van der Waals surface area contributed by atoms with E-state index < -0.39 is 5.41 Å². The van der Waals surface area contributed by atoms with Crippen LogP contribution in [0, 0.1) is 0 Å².